The Kier molecular flexibility index (Phi) is 3.99. The Morgan fingerprint density at radius 2 is 1.67 bits per heavy atom. The van der Waals surface area contributed by atoms with Crippen LogP contribution in [-0.4, -0.2) is 43.5 Å². The van der Waals surface area contributed by atoms with E-state index in [-0.39, 0.29) is 17.4 Å². The Morgan fingerprint density at radius 3 is 2.17 bits per heavy atom. The molecule has 5 nitrogen and oxygen atoms in total. The molecule has 4 bridgehead atoms. The van der Waals surface area contributed by atoms with Crippen LogP contribution in [0.2, 0.25) is 0 Å². The number of hydrogen-bond acceptors (Lipinski definition) is 3. The van der Waals surface area contributed by atoms with Crippen LogP contribution >= 0.6 is 0 Å². The van der Waals surface area contributed by atoms with E-state index in [1.54, 1.807) is 0 Å². The van der Waals surface area contributed by atoms with Gasteiger partial charge in [-0.3, -0.25) is 4.79 Å². The summed E-state index contributed by atoms with van der Waals surface area (Å²) in [7, 11) is -3.30. The highest BCUT2D eigenvalue weighted by atomic mass is 32.2. The molecule has 5 aliphatic rings. The van der Waals surface area contributed by atoms with Crippen LogP contribution in [0.25, 0.3) is 0 Å². The van der Waals surface area contributed by atoms with E-state index in [2.05, 4.69) is 12.2 Å². The topological polar surface area (TPSA) is 66.5 Å². The third-order valence-electron chi connectivity index (χ3n) is 7.30. The molecule has 0 aromatic carbocycles. The van der Waals surface area contributed by atoms with Crippen LogP contribution in [-0.2, 0) is 14.8 Å². The standard InChI is InChI=1S/C18H30N2O3S/c1-12(18-9-13-6-14(10-18)8-15(7-13)11-18)19-17(21)16-4-3-5-20(16)24(2,22)23/h12-16H,3-11H2,1-2H3,(H,19,21). The Bertz CT molecular complexity index is 595. The second kappa shape index (κ2) is 5.70. The molecule has 1 N–H and O–H groups in total. The largest absolute Gasteiger partial charge is 0.352 e. The van der Waals surface area contributed by atoms with Crippen molar-refractivity contribution in [1.29, 1.82) is 0 Å². The first-order valence-electron chi connectivity index (χ1n) is 9.54. The third-order valence-corrected chi connectivity index (χ3v) is 8.58. The molecule has 4 saturated carbocycles. The molecular weight excluding hydrogens is 324 g/mol. The predicted molar refractivity (Wildman–Crippen MR) is 92.8 cm³/mol. The van der Waals surface area contributed by atoms with Gasteiger partial charge in [-0.25, -0.2) is 8.42 Å². The highest BCUT2D eigenvalue weighted by Crippen LogP contribution is 2.61. The Balaban J connectivity index is 1.46. The Labute approximate surface area is 145 Å². The molecule has 4 aliphatic carbocycles. The molecule has 136 valence electrons. The molecule has 24 heavy (non-hydrogen) atoms. The minimum atomic E-state index is -3.30. The van der Waals surface area contributed by atoms with Crippen molar-refractivity contribution >= 4 is 15.9 Å². The minimum absolute atomic E-state index is 0.0822. The number of hydrogen-bond donors (Lipinski definition) is 1. The van der Waals surface area contributed by atoms with E-state index in [1.807, 2.05) is 0 Å². The Morgan fingerprint density at radius 1 is 1.12 bits per heavy atom. The van der Waals surface area contributed by atoms with Gasteiger partial charge in [0.2, 0.25) is 15.9 Å². The molecule has 5 fully saturated rings. The molecule has 0 radical (unpaired) electrons. The monoisotopic (exact) mass is 354 g/mol. The summed E-state index contributed by atoms with van der Waals surface area (Å²) in [5, 5.41) is 3.24. The summed E-state index contributed by atoms with van der Waals surface area (Å²) in [4.78, 5) is 12.8. The van der Waals surface area contributed by atoms with Gasteiger partial charge in [0.05, 0.1) is 6.26 Å². The summed E-state index contributed by atoms with van der Waals surface area (Å²) in [5.41, 5.74) is 0.263. The average Bonchev–Trinajstić information content (AvgIpc) is 2.95. The second-order valence-corrected chi connectivity index (χ2v) is 11.0. The van der Waals surface area contributed by atoms with Crippen LogP contribution in [0.15, 0.2) is 0 Å². The van der Waals surface area contributed by atoms with E-state index < -0.39 is 16.1 Å². The zero-order valence-electron chi connectivity index (χ0n) is 14.8. The maximum atomic E-state index is 12.8. The van der Waals surface area contributed by atoms with Crippen molar-refractivity contribution in [2.75, 3.05) is 12.8 Å². The molecule has 2 unspecified atom stereocenters. The van der Waals surface area contributed by atoms with Gasteiger partial charge >= 0.3 is 0 Å². The van der Waals surface area contributed by atoms with E-state index in [9.17, 15) is 13.2 Å². The number of sulfonamides is 1. The normalized spacial score (nSPS) is 43.1. The van der Waals surface area contributed by atoms with Crippen LogP contribution in [0, 0.1) is 23.2 Å². The average molecular weight is 355 g/mol. The van der Waals surface area contributed by atoms with E-state index in [1.165, 1.54) is 49.1 Å². The fourth-order valence-corrected chi connectivity index (χ4v) is 7.69. The third kappa shape index (κ3) is 2.79. The highest BCUT2D eigenvalue weighted by molar-refractivity contribution is 7.88. The van der Waals surface area contributed by atoms with Crippen LogP contribution in [0.1, 0.15) is 58.3 Å². The zero-order chi connectivity index (χ0) is 17.1. The van der Waals surface area contributed by atoms with Crippen molar-refractivity contribution in [2.24, 2.45) is 23.2 Å². The lowest BCUT2D eigenvalue weighted by atomic mass is 9.48. The molecule has 1 saturated heterocycles. The highest BCUT2D eigenvalue weighted by Gasteiger charge is 2.53. The van der Waals surface area contributed by atoms with Gasteiger partial charge in [0.15, 0.2) is 0 Å². The van der Waals surface area contributed by atoms with Crippen molar-refractivity contribution in [3.05, 3.63) is 0 Å². The van der Waals surface area contributed by atoms with Crippen LogP contribution in [0.3, 0.4) is 0 Å². The van der Waals surface area contributed by atoms with Gasteiger partial charge in [-0.1, -0.05) is 0 Å². The van der Waals surface area contributed by atoms with Crippen molar-refractivity contribution in [3.8, 4) is 0 Å². The quantitative estimate of drug-likeness (QED) is 0.841. The summed E-state index contributed by atoms with van der Waals surface area (Å²) < 4.78 is 25.2. The molecule has 2 atom stereocenters. The van der Waals surface area contributed by atoms with E-state index in [0.29, 0.717) is 13.0 Å². The predicted octanol–water partition coefficient (Wildman–Crippen LogP) is 2.13. The maximum absolute atomic E-state index is 12.8. The first kappa shape index (κ1) is 16.8. The van der Waals surface area contributed by atoms with Gasteiger partial charge in [-0.15, -0.1) is 0 Å². The molecule has 1 amide bonds. The van der Waals surface area contributed by atoms with Crippen molar-refractivity contribution in [2.45, 2.75) is 70.4 Å². The van der Waals surface area contributed by atoms with Crippen molar-refractivity contribution in [3.63, 3.8) is 0 Å². The second-order valence-electron chi connectivity index (χ2n) is 9.04. The van der Waals surface area contributed by atoms with Gasteiger partial charge in [0.25, 0.3) is 0 Å². The molecular formula is C18H30N2O3S. The lowest BCUT2D eigenvalue weighted by Crippen LogP contribution is -2.58. The van der Waals surface area contributed by atoms with Gasteiger partial charge in [0, 0.05) is 12.6 Å². The molecule has 5 rings (SSSR count). The molecule has 1 aliphatic heterocycles. The van der Waals surface area contributed by atoms with Crippen molar-refractivity contribution < 1.29 is 13.2 Å². The number of carbonyl (C=O) groups excluding carboxylic acids is 1. The van der Waals surface area contributed by atoms with Crippen LogP contribution in [0.5, 0.6) is 0 Å². The summed E-state index contributed by atoms with van der Waals surface area (Å²) in [5.74, 6) is 2.49. The van der Waals surface area contributed by atoms with Crippen molar-refractivity contribution in [1.82, 2.24) is 9.62 Å². The first-order valence-corrected chi connectivity index (χ1v) is 11.4. The number of carbonyl (C=O) groups is 1. The van der Waals surface area contributed by atoms with E-state index >= 15 is 0 Å². The zero-order valence-corrected chi connectivity index (χ0v) is 15.6. The lowest BCUT2D eigenvalue weighted by molar-refractivity contribution is -0.128. The number of rotatable bonds is 4. The Hall–Kier alpha value is -0.620. The van der Waals surface area contributed by atoms with Gasteiger partial charge < -0.3 is 5.32 Å². The summed E-state index contributed by atoms with van der Waals surface area (Å²) in [6.45, 7) is 2.63. The van der Waals surface area contributed by atoms with Gasteiger partial charge in [-0.05, 0) is 81.5 Å². The maximum Gasteiger partial charge on any atom is 0.238 e. The number of nitrogens with one attached hydrogen (secondary N) is 1. The number of nitrogens with zero attached hydrogens (tertiary/aromatic N) is 1. The van der Waals surface area contributed by atoms with Crippen LogP contribution in [0.4, 0.5) is 0 Å². The van der Waals surface area contributed by atoms with Crippen LogP contribution < -0.4 is 5.32 Å². The molecule has 1 heterocycles. The van der Waals surface area contributed by atoms with Gasteiger partial charge in [-0.2, -0.15) is 4.31 Å². The molecule has 0 spiro atoms. The lowest BCUT2D eigenvalue weighted by Gasteiger charge is -2.59. The summed E-state index contributed by atoms with van der Waals surface area (Å²) >= 11 is 0. The smallest absolute Gasteiger partial charge is 0.238 e. The van der Waals surface area contributed by atoms with Gasteiger partial charge in [0.1, 0.15) is 6.04 Å². The summed E-state index contributed by atoms with van der Waals surface area (Å²) in [6, 6.07) is -0.350. The fourth-order valence-electron chi connectivity index (χ4n) is 6.57. The fraction of sp³-hybridized carbons (Fsp3) is 0.944. The SMILES string of the molecule is CC(NC(=O)C1CCCN1S(C)(=O)=O)C12CC3CC(CC(C3)C1)C2. The first-order chi connectivity index (χ1) is 11.3. The number of amides is 1. The van der Waals surface area contributed by atoms with E-state index in [4.69, 9.17) is 0 Å². The summed E-state index contributed by atoms with van der Waals surface area (Å²) in [6.07, 6.45) is 10.6. The minimum Gasteiger partial charge on any atom is -0.352 e. The molecule has 0 aromatic heterocycles. The molecule has 0 aromatic rings. The van der Waals surface area contributed by atoms with E-state index in [0.717, 1.165) is 24.2 Å². The molecule has 6 heteroatoms.